The van der Waals surface area contributed by atoms with Gasteiger partial charge in [0.1, 0.15) is 5.75 Å². The molecular formula is C26H25N3O5S. The Morgan fingerprint density at radius 2 is 1.94 bits per heavy atom. The second-order valence-corrected chi connectivity index (χ2v) is 10.6. The van der Waals surface area contributed by atoms with E-state index >= 15 is 0 Å². The number of allylic oxidation sites excluding steroid dienone is 2. The Kier molecular flexibility index (Phi) is 5.72. The van der Waals surface area contributed by atoms with Crippen LogP contribution in [0.4, 0.5) is 17.1 Å². The van der Waals surface area contributed by atoms with Crippen LogP contribution in [0.25, 0.3) is 0 Å². The van der Waals surface area contributed by atoms with Gasteiger partial charge in [0.15, 0.2) is 0 Å². The van der Waals surface area contributed by atoms with E-state index in [0.717, 1.165) is 28.8 Å². The van der Waals surface area contributed by atoms with Crippen molar-refractivity contribution in [2.24, 2.45) is 5.92 Å². The maximum atomic E-state index is 13.3. The number of nitrogens with one attached hydrogen (secondary N) is 2. The van der Waals surface area contributed by atoms with E-state index in [1.165, 1.54) is 13.2 Å². The van der Waals surface area contributed by atoms with Crippen LogP contribution in [0.3, 0.4) is 0 Å². The van der Waals surface area contributed by atoms with Crippen LogP contribution in [0.5, 0.6) is 5.75 Å². The van der Waals surface area contributed by atoms with Gasteiger partial charge < -0.3 is 10.1 Å². The van der Waals surface area contributed by atoms with Crippen molar-refractivity contribution in [1.29, 1.82) is 0 Å². The first-order valence-electron chi connectivity index (χ1n) is 11.3. The minimum Gasteiger partial charge on any atom is -0.495 e. The summed E-state index contributed by atoms with van der Waals surface area (Å²) in [7, 11) is -2.37. The number of anilines is 2. The molecule has 0 aromatic heterocycles. The third-order valence-corrected chi connectivity index (χ3v) is 8.05. The topological polar surface area (TPSA) is 111 Å². The Morgan fingerprint density at radius 3 is 2.71 bits per heavy atom. The van der Waals surface area contributed by atoms with Gasteiger partial charge in [-0.2, -0.15) is 0 Å². The highest BCUT2D eigenvalue weighted by atomic mass is 32.2. The number of hydrogen-bond donors (Lipinski definition) is 2. The predicted octanol–water partition coefficient (Wildman–Crippen LogP) is 5.54. The molecule has 0 bridgehead atoms. The van der Waals surface area contributed by atoms with E-state index < -0.39 is 14.9 Å². The Morgan fingerprint density at radius 1 is 1.11 bits per heavy atom. The monoisotopic (exact) mass is 491 g/mol. The van der Waals surface area contributed by atoms with Crippen molar-refractivity contribution in [1.82, 2.24) is 0 Å². The van der Waals surface area contributed by atoms with Crippen molar-refractivity contribution in [3.8, 4) is 5.75 Å². The van der Waals surface area contributed by atoms with Gasteiger partial charge in [-0.15, -0.1) is 0 Å². The third-order valence-electron chi connectivity index (χ3n) is 6.68. The van der Waals surface area contributed by atoms with Crippen LogP contribution in [0.15, 0.2) is 77.7 Å². The summed E-state index contributed by atoms with van der Waals surface area (Å²) in [5.74, 6) is 0.559. The molecule has 2 aliphatic rings. The molecule has 3 atom stereocenters. The fraction of sp³-hybridized carbons (Fsp3) is 0.231. The van der Waals surface area contributed by atoms with Crippen LogP contribution in [-0.2, 0) is 10.0 Å². The first-order chi connectivity index (χ1) is 16.8. The van der Waals surface area contributed by atoms with Crippen molar-refractivity contribution >= 4 is 27.1 Å². The van der Waals surface area contributed by atoms with Crippen LogP contribution in [-0.4, -0.2) is 20.5 Å². The zero-order valence-corrected chi connectivity index (χ0v) is 20.1. The second kappa shape index (κ2) is 8.74. The van der Waals surface area contributed by atoms with Gasteiger partial charge in [0.2, 0.25) is 0 Å². The summed E-state index contributed by atoms with van der Waals surface area (Å²) in [6, 6.07) is 16.9. The Hall–Kier alpha value is -3.85. The highest BCUT2D eigenvalue weighted by Gasteiger charge is 2.39. The van der Waals surface area contributed by atoms with Crippen LogP contribution in [0, 0.1) is 23.0 Å². The summed E-state index contributed by atoms with van der Waals surface area (Å²) in [6.07, 6.45) is 4.98. The molecule has 3 aromatic carbocycles. The van der Waals surface area contributed by atoms with E-state index in [1.54, 1.807) is 42.5 Å². The molecule has 35 heavy (non-hydrogen) atoms. The maximum Gasteiger partial charge on any atom is 0.269 e. The molecule has 180 valence electrons. The van der Waals surface area contributed by atoms with Gasteiger partial charge in [-0.05, 0) is 66.3 Å². The van der Waals surface area contributed by atoms with Crippen molar-refractivity contribution < 1.29 is 18.1 Å². The van der Waals surface area contributed by atoms with Crippen LogP contribution >= 0.6 is 0 Å². The molecule has 0 fully saturated rings. The zero-order valence-electron chi connectivity index (χ0n) is 19.3. The largest absolute Gasteiger partial charge is 0.495 e. The lowest BCUT2D eigenvalue weighted by Gasteiger charge is -2.37. The second-order valence-electron chi connectivity index (χ2n) is 8.89. The van der Waals surface area contributed by atoms with E-state index in [2.05, 4.69) is 22.2 Å². The molecule has 1 aliphatic carbocycles. The molecule has 0 saturated carbocycles. The number of aryl methyl sites for hydroxylation is 1. The van der Waals surface area contributed by atoms with E-state index in [9.17, 15) is 18.5 Å². The molecule has 2 N–H and O–H groups in total. The smallest absolute Gasteiger partial charge is 0.269 e. The van der Waals surface area contributed by atoms with E-state index in [-0.39, 0.29) is 28.5 Å². The fourth-order valence-corrected chi connectivity index (χ4v) is 6.10. The summed E-state index contributed by atoms with van der Waals surface area (Å²) >= 11 is 0. The van der Waals surface area contributed by atoms with Gasteiger partial charge in [-0.3, -0.25) is 14.8 Å². The molecule has 1 aliphatic heterocycles. The van der Waals surface area contributed by atoms with Gasteiger partial charge >= 0.3 is 0 Å². The lowest BCUT2D eigenvalue weighted by molar-refractivity contribution is -0.384. The van der Waals surface area contributed by atoms with Gasteiger partial charge in [-0.1, -0.05) is 30.4 Å². The fourth-order valence-electron chi connectivity index (χ4n) is 5.01. The molecule has 1 heterocycles. The van der Waals surface area contributed by atoms with Gasteiger partial charge in [-0.25, -0.2) is 8.42 Å². The molecule has 0 saturated heterocycles. The zero-order chi connectivity index (χ0) is 24.7. The maximum absolute atomic E-state index is 13.3. The van der Waals surface area contributed by atoms with Crippen molar-refractivity contribution in [2.45, 2.75) is 30.2 Å². The lowest BCUT2D eigenvalue weighted by Crippen LogP contribution is -2.29. The van der Waals surface area contributed by atoms with Gasteiger partial charge in [0.05, 0.1) is 28.7 Å². The SMILES string of the molecule is COc1ccc(C)cc1NS(=O)(=O)c1ccc2c(c1)[C@H]1C=CC[C@H]1[C@@H](c1cccc([N+](=O)[O-])c1)N2. The number of methoxy groups -OCH3 is 1. The molecule has 0 radical (unpaired) electrons. The van der Waals surface area contributed by atoms with Gasteiger partial charge in [0, 0.05) is 23.7 Å². The minimum atomic E-state index is -3.86. The van der Waals surface area contributed by atoms with Crippen LogP contribution in [0.2, 0.25) is 0 Å². The average molecular weight is 492 g/mol. The standard InChI is InChI=1S/C26H25N3O5S/c1-16-9-12-25(34-2)24(13-16)28-35(32,33)19-10-11-23-22(15-19)20-7-4-8-21(20)26(27-23)17-5-3-6-18(14-17)29(30)31/h3-7,9-15,20-21,26-28H,8H2,1-2H3/t20-,21+,26+/m0/s1. The van der Waals surface area contributed by atoms with Crippen molar-refractivity contribution in [3.63, 3.8) is 0 Å². The highest BCUT2D eigenvalue weighted by molar-refractivity contribution is 7.92. The Balaban J connectivity index is 1.49. The molecule has 0 amide bonds. The van der Waals surface area contributed by atoms with Crippen LogP contribution in [0.1, 0.15) is 35.1 Å². The number of ether oxygens (including phenoxy) is 1. The van der Waals surface area contributed by atoms with Crippen molar-refractivity contribution in [3.05, 3.63) is 99.6 Å². The first-order valence-corrected chi connectivity index (χ1v) is 12.7. The number of sulfonamides is 1. The molecule has 9 heteroatoms. The quantitative estimate of drug-likeness (QED) is 0.266. The Bertz CT molecular complexity index is 1450. The Labute approximate surface area is 203 Å². The summed E-state index contributed by atoms with van der Waals surface area (Å²) in [6.45, 7) is 1.88. The predicted molar refractivity (Wildman–Crippen MR) is 134 cm³/mol. The number of nitro benzene ring substituents is 1. The number of benzene rings is 3. The number of fused-ring (bicyclic) bond motifs is 3. The normalized spacial score (nSPS) is 20.5. The summed E-state index contributed by atoms with van der Waals surface area (Å²) in [5.41, 5.74) is 3.90. The average Bonchev–Trinajstić information content (AvgIpc) is 3.33. The molecule has 0 unspecified atom stereocenters. The molecular weight excluding hydrogens is 466 g/mol. The lowest BCUT2D eigenvalue weighted by atomic mass is 9.77. The summed E-state index contributed by atoms with van der Waals surface area (Å²) < 4.78 is 34.5. The van der Waals surface area contributed by atoms with E-state index in [0.29, 0.717) is 11.4 Å². The van der Waals surface area contributed by atoms with E-state index in [4.69, 9.17) is 4.74 Å². The van der Waals surface area contributed by atoms with E-state index in [1.807, 2.05) is 19.1 Å². The number of non-ortho nitro benzene ring substituents is 1. The highest BCUT2D eigenvalue weighted by Crippen LogP contribution is 2.50. The number of nitro groups is 1. The molecule has 5 rings (SSSR count). The first kappa shape index (κ1) is 22.9. The van der Waals surface area contributed by atoms with Crippen molar-refractivity contribution in [2.75, 3.05) is 17.1 Å². The minimum absolute atomic E-state index is 0.000770. The van der Waals surface area contributed by atoms with Crippen LogP contribution < -0.4 is 14.8 Å². The number of nitrogens with zero attached hydrogens (tertiary/aromatic N) is 1. The molecule has 8 nitrogen and oxygen atoms in total. The number of rotatable bonds is 6. The summed E-state index contributed by atoms with van der Waals surface area (Å²) in [5, 5.41) is 14.8. The molecule has 0 spiro atoms. The third kappa shape index (κ3) is 4.23. The summed E-state index contributed by atoms with van der Waals surface area (Å²) in [4.78, 5) is 11.1. The molecule has 3 aromatic rings. The number of hydrogen-bond acceptors (Lipinski definition) is 6. The van der Waals surface area contributed by atoms with Gasteiger partial charge in [0.25, 0.3) is 15.7 Å².